The molecule has 1 aromatic rings. The van der Waals surface area contributed by atoms with E-state index < -0.39 is 25.1 Å². The van der Waals surface area contributed by atoms with E-state index in [2.05, 4.69) is 58.8 Å². The number of nitrogens with zero attached hydrogens (tertiary/aromatic N) is 5. The molecule has 1 unspecified atom stereocenters. The number of hydrogen-bond donors (Lipinski definition) is 3. The molecule has 1 aromatic carbocycles. The molecule has 1 atom stereocenters. The lowest BCUT2D eigenvalue weighted by Crippen LogP contribution is -2.48. The smallest absolute Gasteiger partial charge is 0.317 e. The van der Waals surface area contributed by atoms with Crippen molar-refractivity contribution in [2.45, 2.75) is 109 Å². The fourth-order valence-electron chi connectivity index (χ4n) is 7.28. The van der Waals surface area contributed by atoms with Crippen LogP contribution in [0.15, 0.2) is 24.3 Å². The third-order valence-electron chi connectivity index (χ3n) is 10.9. The molecule has 2 rings (SSSR count). The van der Waals surface area contributed by atoms with Crippen molar-refractivity contribution in [2.75, 3.05) is 118 Å². The molecule has 59 heavy (non-hydrogen) atoms. The Balaban J connectivity index is 1.57. The molecule has 340 valence electrons. The Morgan fingerprint density at radius 3 is 1.29 bits per heavy atom. The van der Waals surface area contributed by atoms with Gasteiger partial charge in [-0.3, -0.25) is 29.1 Å². The highest BCUT2D eigenvalue weighted by Gasteiger charge is 2.20. The average Bonchev–Trinajstić information content (AvgIpc) is 3.15. The Bertz CT molecular complexity index is 1320. The standard InChI is InChI=1S/C43H79N5O9P2/c1-48(2,3)33-35-57-59(55,58)56-34-19-17-15-13-11-9-7-5-4-6-8-10-12-14-16-18-20-39-21-23-40(24-22-39)47-31-29-45(37-42(51)52)27-25-44(36-41(49)50)26-28-46(30-32-47)38-43(53)54/h21-24,58H,4-20,25-38H2,1-3H3,(H3-,49,50,51,52,53,54,55). The Hall–Kier alpha value is -2.12. The molecule has 1 saturated heterocycles. The van der Waals surface area contributed by atoms with Crippen LogP contribution in [0.2, 0.25) is 0 Å². The number of aliphatic carboxylic acids is 3. The van der Waals surface area contributed by atoms with E-state index in [9.17, 15) is 34.6 Å². The normalized spacial score (nSPS) is 16.6. The number of anilines is 1. The van der Waals surface area contributed by atoms with Gasteiger partial charge < -0.3 is 38.6 Å². The lowest BCUT2D eigenvalue weighted by atomic mass is 10.0. The van der Waals surface area contributed by atoms with Crippen LogP contribution in [0, 0.1) is 0 Å². The Morgan fingerprint density at radius 1 is 0.576 bits per heavy atom. The zero-order valence-corrected chi connectivity index (χ0v) is 38.6. The summed E-state index contributed by atoms with van der Waals surface area (Å²) < 4.78 is 11.6. The van der Waals surface area contributed by atoms with Crippen molar-refractivity contribution < 1.29 is 48.1 Å². The number of aryl methyl sites for hydroxylation is 1. The maximum Gasteiger partial charge on any atom is 0.317 e. The minimum Gasteiger partial charge on any atom is -0.785 e. The van der Waals surface area contributed by atoms with E-state index in [0.717, 1.165) is 42.4 Å². The summed E-state index contributed by atoms with van der Waals surface area (Å²) in [6.07, 6.45) is 21.0. The van der Waals surface area contributed by atoms with Crippen molar-refractivity contribution in [1.82, 2.24) is 14.7 Å². The first kappa shape index (κ1) is 53.0. The molecule has 14 nitrogen and oxygen atoms in total. The minimum absolute atomic E-state index is 0.125. The predicted octanol–water partition coefficient (Wildman–Crippen LogP) is 6.37. The van der Waals surface area contributed by atoms with Gasteiger partial charge in [-0.2, -0.15) is 0 Å². The van der Waals surface area contributed by atoms with Crippen molar-refractivity contribution >= 4 is 39.4 Å². The average molecular weight is 872 g/mol. The third-order valence-corrected chi connectivity index (χ3v) is 12.7. The lowest BCUT2D eigenvalue weighted by molar-refractivity contribution is -0.870. The summed E-state index contributed by atoms with van der Waals surface area (Å²) in [4.78, 5) is 54.6. The van der Waals surface area contributed by atoms with Crippen LogP contribution < -0.4 is 9.79 Å². The molecular weight excluding hydrogens is 792 g/mol. The minimum atomic E-state index is -3.14. The van der Waals surface area contributed by atoms with Crippen LogP contribution in [0.4, 0.5) is 5.69 Å². The summed E-state index contributed by atoms with van der Waals surface area (Å²) in [5.74, 6) is -2.81. The molecule has 1 aliphatic rings. The summed E-state index contributed by atoms with van der Waals surface area (Å²) in [6, 6.07) is 8.59. The summed E-state index contributed by atoms with van der Waals surface area (Å²) in [7, 11) is 6.25. The molecule has 3 N–H and O–H groups in total. The molecule has 0 saturated carbocycles. The largest absolute Gasteiger partial charge is 0.785 e. The number of likely N-dealkylation sites (N-methyl/N-ethyl adjacent to an activating group) is 1. The summed E-state index contributed by atoms with van der Waals surface area (Å²) in [5.41, 5.74) is 2.33. The number of unbranched alkanes of at least 4 members (excludes halogenated alkanes) is 15. The van der Waals surface area contributed by atoms with Gasteiger partial charge in [-0.15, -0.1) is 0 Å². The number of rotatable bonds is 31. The van der Waals surface area contributed by atoms with Crippen LogP contribution >= 0.6 is 15.8 Å². The maximum atomic E-state index is 12.3. The molecule has 0 aliphatic carbocycles. The van der Waals surface area contributed by atoms with Crippen LogP contribution in [-0.4, -0.2) is 165 Å². The van der Waals surface area contributed by atoms with Crippen LogP contribution in [0.1, 0.15) is 108 Å². The fourth-order valence-corrected chi connectivity index (χ4v) is 8.59. The van der Waals surface area contributed by atoms with Crippen molar-refractivity contribution in [3.8, 4) is 0 Å². The SMILES string of the molecule is C[N+](C)(C)CCOP([O-])(=P)OCCCCCCCCCCCCCCCCCCc1ccc(N2CCN(CC(=O)O)CCN(CC(=O)O)CCN(CC(=O)O)CC2)cc1. The highest BCUT2D eigenvalue weighted by molar-refractivity contribution is 7.88. The van der Waals surface area contributed by atoms with Crippen molar-refractivity contribution in [3.05, 3.63) is 29.8 Å². The van der Waals surface area contributed by atoms with Gasteiger partial charge in [0.05, 0.1) is 54.6 Å². The first-order valence-corrected chi connectivity index (χ1v) is 25.1. The Labute approximate surface area is 358 Å². The van der Waals surface area contributed by atoms with Gasteiger partial charge in [0.25, 0.3) is 0 Å². The van der Waals surface area contributed by atoms with E-state index in [1.165, 1.54) is 89.0 Å². The second-order valence-corrected chi connectivity index (χ2v) is 20.4. The third kappa shape index (κ3) is 28.9. The van der Waals surface area contributed by atoms with Gasteiger partial charge in [0.1, 0.15) is 13.2 Å². The Kier molecular flexibility index (Phi) is 27.7. The first-order chi connectivity index (χ1) is 28.1. The van der Waals surface area contributed by atoms with Crippen LogP contribution in [0.5, 0.6) is 0 Å². The van der Waals surface area contributed by atoms with Gasteiger partial charge in [-0.1, -0.05) is 111 Å². The second-order valence-electron chi connectivity index (χ2n) is 17.2. The molecule has 1 fully saturated rings. The maximum absolute atomic E-state index is 12.3. The predicted molar refractivity (Wildman–Crippen MR) is 238 cm³/mol. The van der Waals surface area contributed by atoms with Gasteiger partial charge in [-0.05, 0) is 37.0 Å². The number of benzene rings is 1. The van der Waals surface area contributed by atoms with Gasteiger partial charge in [-0.25, -0.2) is 0 Å². The number of carboxylic acid groups (broad SMARTS) is 3. The topological polar surface area (TPSA) is 166 Å². The zero-order chi connectivity index (χ0) is 43.4. The monoisotopic (exact) mass is 872 g/mol. The molecule has 0 radical (unpaired) electrons. The molecule has 0 bridgehead atoms. The molecule has 1 heterocycles. The molecule has 16 heteroatoms. The number of carboxylic acids is 3. The van der Waals surface area contributed by atoms with E-state index >= 15 is 0 Å². The molecule has 0 amide bonds. The van der Waals surface area contributed by atoms with Crippen molar-refractivity contribution in [1.29, 1.82) is 0 Å². The molecule has 0 aromatic heterocycles. The van der Waals surface area contributed by atoms with Gasteiger partial charge >= 0.3 is 17.9 Å². The summed E-state index contributed by atoms with van der Waals surface area (Å²) in [6.45, 7) is 4.93. The van der Waals surface area contributed by atoms with E-state index in [1.54, 1.807) is 4.90 Å². The quantitative estimate of drug-likeness (QED) is 0.0429. The molecule has 0 spiro atoms. The molecular formula is C43H79N5O9P2. The van der Waals surface area contributed by atoms with Crippen LogP contribution in [0.25, 0.3) is 0 Å². The Morgan fingerprint density at radius 2 is 0.915 bits per heavy atom. The first-order valence-electron chi connectivity index (χ1n) is 22.2. The van der Waals surface area contributed by atoms with Gasteiger partial charge in [0.2, 0.25) is 0 Å². The molecule has 1 aliphatic heterocycles. The zero-order valence-electron chi connectivity index (χ0n) is 36.7. The highest BCUT2D eigenvalue weighted by Crippen LogP contribution is 2.44. The van der Waals surface area contributed by atoms with Crippen molar-refractivity contribution in [2.24, 2.45) is 0 Å². The van der Waals surface area contributed by atoms with Crippen molar-refractivity contribution in [3.63, 3.8) is 0 Å². The van der Waals surface area contributed by atoms with Gasteiger partial charge in [0, 0.05) is 58.0 Å². The number of quaternary nitrogens is 1. The van der Waals surface area contributed by atoms with Crippen LogP contribution in [0.3, 0.4) is 0 Å². The second kappa shape index (κ2) is 30.8. The van der Waals surface area contributed by atoms with E-state index in [1.807, 2.05) is 9.80 Å². The van der Waals surface area contributed by atoms with E-state index in [0.29, 0.717) is 65.6 Å². The number of carbonyl (C=O) groups is 3. The van der Waals surface area contributed by atoms with E-state index in [4.69, 9.17) is 9.05 Å². The number of hydrogen-bond acceptors (Lipinski definition) is 10. The van der Waals surface area contributed by atoms with E-state index in [-0.39, 0.29) is 19.6 Å². The summed E-state index contributed by atoms with van der Waals surface area (Å²) in [5, 5.41) is 28.4. The lowest BCUT2D eigenvalue weighted by Gasteiger charge is -2.34. The van der Waals surface area contributed by atoms with Crippen LogP contribution in [-0.2, 0) is 29.9 Å². The fraction of sp³-hybridized carbons (Fsp3) is 0.791. The highest BCUT2D eigenvalue weighted by atomic mass is 31.8. The summed E-state index contributed by atoms with van der Waals surface area (Å²) >= 11 is 0. The van der Waals surface area contributed by atoms with Gasteiger partial charge in [0.15, 0.2) is 0 Å².